The number of rotatable bonds is 4. The highest BCUT2D eigenvalue weighted by molar-refractivity contribution is 5.19. The summed E-state index contributed by atoms with van der Waals surface area (Å²) in [6.07, 6.45) is 4.89. The lowest BCUT2D eigenvalue weighted by atomic mass is 10.3. The maximum atomic E-state index is 8.81. The number of aliphatic hydroxyl groups excluding tert-OH is 1. The third kappa shape index (κ3) is 2.74. The molecule has 0 fully saturated rings. The molecule has 0 radical (unpaired) electrons. The van der Waals surface area contributed by atoms with Gasteiger partial charge in [-0.3, -0.25) is 4.98 Å². The number of hydrogen-bond acceptors (Lipinski definition) is 5. The second-order valence-electron chi connectivity index (χ2n) is 3.10. The summed E-state index contributed by atoms with van der Waals surface area (Å²) in [7, 11) is 0. The molecular weight excluding hydrogens is 206 g/mol. The van der Waals surface area contributed by atoms with Crippen molar-refractivity contribution in [1.82, 2.24) is 15.0 Å². The van der Waals surface area contributed by atoms with Crippen molar-refractivity contribution in [3.05, 3.63) is 48.3 Å². The molecule has 82 valence electrons. The zero-order valence-corrected chi connectivity index (χ0v) is 8.58. The number of ether oxygens (including phenoxy) is 1. The molecule has 1 N–H and O–H groups in total. The van der Waals surface area contributed by atoms with Crippen LogP contribution in [0.3, 0.4) is 0 Å². The van der Waals surface area contributed by atoms with Crippen LogP contribution in [0.25, 0.3) is 0 Å². The Bertz CT molecular complexity index is 431. The van der Waals surface area contributed by atoms with Gasteiger partial charge >= 0.3 is 0 Å². The maximum absolute atomic E-state index is 8.81. The Kier molecular flexibility index (Phi) is 3.40. The fraction of sp³-hybridized carbons (Fsp3) is 0.182. The minimum absolute atomic E-state index is 0.0674. The van der Waals surface area contributed by atoms with Gasteiger partial charge in [0.05, 0.1) is 18.5 Å². The van der Waals surface area contributed by atoms with Crippen LogP contribution in [-0.2, 0) is 13.2 Å². The fourth-order valence-electron chi connectivity index (χ4n) is 1.14. The van der Waals surface area contributed by atoms with Gasteiger partial charge in [0.1, 0.15) is 12.4 Å². The van der Waals surface area contributed by atoms with Gasteiger partial charge in [-0.05, 0) is 18.2 Å². The lowest BCUT2D eigenvalue weighted by Gasteiger charge is -2.04. The molecule has 16 heavy (non-hydrogen) atoms. The van der Waals surface area contributed by atoms with Gasteiger partial charge in [-0.2, -0.15) is 0 Å². The molecular formula is C11H11N3O2. The topological polar surface area (TPSA) is 68.1 Å². The van der Waals surface area contributed by atoms with Gasteiger partial charge in [-0.25, -0.2) is 9.97 Å². The van der Waals surface area contributed by atoms with Crippen molar-refractivity contribution in [3.63, 3.8) is 0 Å². The molecule has 0 aliphatic carbocycles. The molecule has 0 unspecified atom stereocenters. The Morgan fingerprint density at radius 3 is 2.56 bits per heavy atom. The Labute approximate surface area is 92.8 Å². The van der Waals surface area contributed by atoms with Crippen LogP contribution in [0.1, 0.15) is 11.5 Å². The molecule has 2 aromatic rings. The van der Waals surface area contributed by atoms with E-state index in [1.165, 1.54) is 0 Å². The molecule has 2 rings (SSSR count). The van der Waals surface area contributed by atoms with E-state index in [1.54, 1.807) is 36.8 Å². The standard InChI is InChI=1S/C11H11N3O2/c15-7-9-2-3-10(6-14-9)16-8-11-12-4-1-5-13-11/h1-6,15H,7-8H2. The van der Waals surface area contributed by atoms with Crippen molar-refractivity contribution >= 4 is 0 Å². The van der Waals surface area contributed by atoms with Gasteiger partial charge in [0.15, 0.2) is 5.82 Å². The Morgan fingerprint density at radius 2 is 1.94 bits per heavy atom. The van der Waals surface area contributed by atoms with Crippen molar-refractivity contribution in [1.29, 1.82) is 0 Å². The number of nitrogens with zero attached hydrogens (tertiary/aromatic N) is 3. The quantitative estimate of drug-likeness (QED) is 0.825. The van der Waals surface area contributed by atoms with Crippen LogP contribution >= 0.6 is 0 Å². The molecule has 0 saturated heterocycles. The largest absolute Gasteiger partial charge is 0.484 e. The fourth-order valence-corrected chi connectivity index (χ4v) is 1.14. The summed E-state index contributed by atoms with van der Waals surface area (Å²) >= 11 is 0. The molecule has 2 aromatic heterocycles. The summed E-state index contributed by atoms with van der Waals surface area (Å²) in [5, 5.41) is 8.81. The summed E-state index contributed by atoms with van der Waals surface area (Å²) in [5.74, 6) is 1.25. The number of pyridine rings is 1. The van der Waals surface area contributed by atoms with E-state index in [0.717, 1.165) is 0 Å². The Hall–Kier alpha value is -2.01. The van der Waals surface area contributed by atoms with Crippen molar-refractivity contribution in [2.24, 2.45) is 0 Å². The monoisotopic (exact) mass is 217 g/mol. The highest BCUT2D eigenvalue weighted by Gasteiger charge is 1.98. The van der Waals surface area contributed by atoms with Gasteiger partial charge in [-0.15, -0.1) is 0 Å². The van der Waals surface area contributed by atoms with Crippen molar-refractivity contribution < 1.29 is 9.84 Å². The first-order valence-corrected chi connectivity index (χ1v) is 4.83. The highest BCUT2D eigenvalue weighted by atomic mass is 16.5. The van der Waals surface area contributed by atoms with Crippen molar-refractivity contribution in [2.75, 3.05) is 0 Å². The Balaban J connectivity index is 1.94. The van der Waals surface area contributed by atoms with E-state index >= 15 is 0 Å². The molecule has 0 amide bonds. The molecule has 0 bridgehead atoms. The lowest BCUT2D eigenvalue weighted by molar-refractivity contribution is 0.274. The molecule has 2 heterocycles. The summed E-state index contributed by atoms with van der Waals surface area (Å²) in [6, 6.07) is 5.21. The molecule has 0 spiro atoms. The molecule has 5 nitrogen and oxygen atoms in total. The predicted molar refractivity (Wildman–Crippen MR) is 56.5 cm³/mol. The molecule has 0 aromatic carbocycles. The van der Waals surface area contributed by atoms with Crippen LogP contribution in [0.4, 0.5) is 0 Å². The third-order valence-electron chi connectivity index (χ3n) is 1.95. The van der Waals surface area contributed by atoms with E-state index in [0.29, 0.717) is 23.9 Å². The average molecular weight is 217 g/mol. The molecule has 0 aliphatic heterocycles. The minimum Gasteiger partial charge on any atom is -0.484 e. The van der Waals surface area contributed by atoms with Crippen molar-refractivity contribution in [3.8, 4) is 5.75 Å². The Morgan fingerprint density at radius 1 is 1.12 bits per heavy atom. The molecule has 0 saturated carbocycles. The molecule has 0 aliphatic rings. The normalized spacial score (nSPS) is 10.1. The highest BCUT2D eigenvalue weighted by Crippen LogP contribution is 2.10. The van der Waals surface area contributed by atoms with Crippen LogP contribution < -0.4 is 4.74 Å². The van der Waals surface area contributed by atoms with Gasteiger partial charge in [0.2, 0.25) is 0 Å². The van der Waals surface area contributed by atoms with Gasteiger partial charge < -0.3 is 9.84 Å². The van der Waals surface area contributed by atoms with E-state index < -0.39 is 0 Å². The zero-order chi connectivity index (χ0) is 11.2. The number of hydrogen-bond donors (Lipinski definition) is 1. The van der Waals surface area contributed by atoms with Crippen LogP contribution in [-0.4, -0.2) is 20.1 Å². The van der Waals surface area contributed by atoms with Gasteiger partial charge in [0, 0.05) is 12.4 Å². The molecule has 0 atom stereocenters. The first-order chi connectivity index (χ1) is 7.88. The van der Waals surface area contributed by atoms with Crippen LogP contribution in [0.15, 0.2) is 36.8 Å². The minimum atomic E-state index is -0.0674. The van der Waals surface area contributed by atoms with E-state index in [4.69, 9.17) is 9.84 Å². The summed E-state index contributed by atoms with van der Waals surface area (Å²) in [5.41, 5.74) is 0.614. The van der Waals surface area contributed by atoms with Gasteiger partial charge in [-0.1, -0.05) is 0 Å². The van der Waals surface area contributed by atoms with E-state index in [-0.39, 0.29) is 6.61 Å². The van der Waals surface area contributed by atoms with E-state index in [9.17, 15) is 0 Å². The van der Waals surface area contributed by atoms with Crippen LogP contribution in [0.5, 0.6) is 5.75 Å². The third-order valence-corrected chi connectivity index (χ3v) is 1.95. The second-order valence-corrected chi connectivity index (χ2v) is 3.10. The average Bonchev–Trinajstić information content (AvgIpc) is 2.38. The zero-order valence-electron chi connectivity index (χ0n) is 8.58. The SMILES string of the molecule is OCc1ccc(OCc2ncccn2)cn1. The molecule has 5 heteroatoms. The summed E-state index contributed by atoms with van der Waals surface area (Å²) in [6.45, 7) is 0.239. The first-order valence-electron chi connectivity index (χ1n) is 4.83. The van der Waals surface area contributed by atoms with Gasteiger partial charge in [0.25, 0.3) is 0 Å². The van der Waals surface area contributed by atoms with Crippen molar-refractivity contribution in [2.45, 2.75) is 13.2 Å². The van der Waals surface area contributed by atoms with Crippen LogP contribution in [0.2, 0.25) is 0 Å². The lowest BCUT2D eigenvalue weighted by Crippen LogP contribution is -2.00. The first kappa shape index (κ1) is 10.5. The maximum Gasteiger partial charge on any atom is 0.166 e. The summed E-state index contributed by atoms with van der Waals surface area (Å²) in [4.78, 5) is 12.1. The number of aliphatic hydroxyl groups is 1. The van der Waals surface area contributed by atoms with Crippen LogP contribution in [0, 0.1) is 0 Å². The summed E-state index contributed by atoms with van der Waals surface area (Å²) < 4.78 is 5.42. The second kappa shape index (κ2) is 5.18. The smallest absolute Gasteiger partial charge is 0.166 e. The predicted octanol–water partition coefficient (Wildman–Crippen LogP) is 0.943. The van der Waals surface area contributed by atoms with E-state index in [1.807, 2.05) is 0 Å². The number of aromatic nitrogens is 3. The van der Waals surface area contributed by atoms with E-state index in [2.05, 4.69) is 15.0 Å².